The molecule has 9 N–H and O–H groups in total. The topological polar surface area (TPSA) is 219 Å². The molecule has 3 rings (SSSR count). The van der Waals surface area contributed by atoms with Gasteiger partial charge in [-0.25, -0.2) is 35.1 Å². The molecule has 0 amide bonds. The Morgan fingerprint density at radius 1 is 0.725 bits per heavy atom. The van der Waals surface area contributed by atoms with Crippen molar-refractivity contribution < 1.29 is 38.4 Å². The van der Waals surface area contributed by atoms with Gasteiger partial charge < -0.3 is 17.2 Å². The van der Waals surface area contributed by atoms with Crippen LogP contribution in [0.4, 0.5) is 30.2 Å². The number of benzene rings is 3. The Morgan fingerprint density at radius 3 is 1.65 bits per heavy atom. The molecule has 20 heteroatoms. The zero-order chi connectivity index (χ0) is 31.3. The van der Waals surface area contributed by atoms with E-state index in [9.17, 15) is 38.4 Å². The van der Waals surface area contributed by atoms with Crippen LogP contribution in [-0.4, -0.2) is 37.8 Å². The summed E-state index contributed by atoms with van der Waals surface area (Å²) in [5, 5.41) is 5.22. The molecule has 0 saturated carbocycles. The first kappa shape index (κ1) is 35.9. The molecule has 0 atom stereocenters. The normalized spacial score (nSPS) is 12.0. The average molecular weight is 776 g/mol. The summed E-state index contributed by atoms with van der Waals surface area (Å²) in [6.07, 6.45) is 0. The van der Waals surface area contributed by atoms with Crippen LogP contribution >= 0.6 is 43.5 Å². The molecule has 0 bridgehead atoms. The molecule has 0 radical (unpaired) electrons. The lowest BCUT2D eigenvalue weighted by Gasteiger charge is -2.08. The fourth-order valence-corrected chi connectivity index (χ4v) is 5.31. The summed E-state index contributed by atoms with van der Waals surface area (Å²) in [5.41, 5.74) is 11.7. The monoisotopic (exact) mass is 773 g/mol. The maximum Gasteiger partial charge on any atom is 0.501 e. The van der Waals surface area contributed by atoms with Gasteiger partial charge in [0.2, 0.25) is 20.0 Å². The van der Waals surface area contributed by atoms with Crippen molar-refractivity contribution in [2.75, 3.05) is 24.2 Å². The van der Waals surface area contributed by atoms with Crippen LogP contribution in [0.15, 0.2) is 78.2 Å². The number of primary sulfonamides is 1. The van der Waals surface area contributed by atoms with Crippen molar-refractivity contribution >= 4 is 90.4 Å². The molecule has 0 aliphatic rings. The van der Waals surface area contributed by atoms with Gasteiger partial charge in [-0.3, -0.25) is 0 Å². The highest BCUT2D eigenvalue weighted by atomic mass is 79.9. The molecular weight excluding hydrogens is 755 g/mol. The van der Waals surface area contributed by atoms with Crippen LogP contribution in [0, 0.1) is 0 Å². The molecule has 0 heterocycles. The number of sulfone groups is 1. The van der Waals surface area contributed by atoms with Gasteiger partial charge >= 0.3 is 5.51 Å². The van der Waals surface area contributed by atoms with Gasteiger partial charge in [0, 0.05) is 20.3 Å². The lowest BCUT2D eigenvalue weighted by atomic mass is 10.3. The molecule has 0 aromatic heterocycles. The van der Waals surface area contributed by atoms with Gasteiger partial charge in [0.25, 0.3) is 9.84 Å². The predicted octanol–water partition coefficient (Wildman–Crippen LogP) is 3.83. The third-order valence-corrected chi connectivity index (χ3v) is 9.99. The second-order valence-electron chi connectivity index (χ2n) is 7.25. The van der Waals surface area contributed by atoms with Gasteiger partial charge in [-0.05, 0) is 93.5 Å². The van der Waals surface area contributed by atoms with Crippen LogP contribution in [0.3, 0.4) is 0 Å². The number of hydrogen-bond donors (Lipinski definition) is 5. The molecule has 0 unspecified atom stereocenters. The van der Waals surface area contributed by atoms with E-state index in [1.165, 1.54) is 43.4 Å². The first-order chi connectivity index (χ1) is 18.0. The summed E-state index contributed by atoms with van der Waals surface area (Å²) in [4.78, 5) is -0.712. The Morgan fingerprint density at radius 2 is 1.23 bits per heavy atom. The highest BCUT2D eigenvalue weighted by molar-refractivity contribution is 9.11. The lowest BCUT2D eigenvalue weighted by molar-refractivity contribution is -0.0436. The largest absolute Gasteiger partial charge is 0.501 e. The number of nitrogens with two attached hydrogens (primary N) is 4. The fourth-order valence-electron chi connectivity index (χ4n) is 2.31. The number of sulfonamides is 2. The Bertz CT molecular complexity index is 1710. The zero-order valence-corrected chi connectivity index (χ0v) is 26.3. The van der Waals surface area contributed by atoms with Crippen molar-refractivity contribution in [2.24, 2.45) is 5.14 Å². The summed E-state index contributed by atoms with van der Waals surface area (Å²) in [5.74, 6) is 0. The predicted molar refractivity (Wildman–Crippen MR) is 154 cm³/mol. The first-order valence-electron chi connectivity index (χ1n) is 9.97. The van der Waals surface area contributed by atoms with E-state index in [1.807, 2.05) is 0 Å². The van der Waals surface area contributed by atoms with Crippen LogP contribution in [0.5, 0.6) is 0 Å². The van der Waals surface area contributed by atoms with Crippen molar-refractivity contribution in [1.82, 2.24) is 4.72 Å². The third kappa shape index (κ3) is 9.75. The number of halogens is 6. The summed E-state index contributed by atoms with van der Waals surface area (Å²) in [7, 11) is -11.0. The number of nitrogens with one attached hydrogen (secondary N) is 1. The van der Waals surface area contributed by atoms with E-state index >= 15 is 0 Å². The van der Waals surface area contributed by atoms with E-state index in [-0.39, 0.29) is 25.6 Å². The van der Waals surface area contributed by atoms with Gasteiger partial charge in [-0.1, -0.05) is 11.6 Å². The maximum absolute atomic E-state index is 12.1. The highest BCUT2D eigenvalue weighted by Gasteiger charge is 2.46. The second-order valence-corrected chi connectivity index (χ2v) is 14.8. The number of rotatable bonds is 4. The van der Waals surface area contributed by atoms with E-state index in [0.29, 0.717) is 15.2 Å². The summed E-state index contributed by atoms with van der Waals surface area (Å²) in [6.45, 7) is 0. The SMILES string of the molecule is CNS(=O)(=O)c1ccc(Cl)c(N)c1.Nc1cc(S(N)(=O)=O)ccc1Br.Nc1ccc(S(=O)(=O)C(F)(F)F)cc1Br. The van der Waals surface area contributed by atoms with Gasteiger partial charge in [0.1, 0.15) is 0 Å². The minimum Gasteiger partial charge on any atom is -0.398 e. The Labute approximate surface area is 250 Å². The number of alkyl halides is 3. The van der Waals surface area contributed by atoms with Crippen LogP contribution < -0.4 is 27.1 Å². The van der Waals surface area contributed by atoms with Gasteiger partial charge in [-0.15, -0.1) is 0 Å². The molecule has 11 nitrogen and oxygen atoms in total. The number of nitrogen functional groups attached to an aromatic ring is 3. The van der Waals surface area contributed by atoms with Crippen LogP contribution in [0.1, 0.15) is 0 Å². The maximum atomic E-state index is 12.1. The highest BCUT2D eigenvalue weighted by Crippen LogP contribution is 2.33. The van der Waals surface area contributed by atoms with Gasteiger partial charge in [-0.2, -0.15) is 13.2 Å². The Kier molecular flexibility index (Phi) is 12.3. The van der Waals surface area contributed by atoms with Crippen molar-refractivity contribution in [3.8, 4) is 0 Å². The van der Waals surface area contributed by atoms with E-state index in [0.717, 1.165) is 18.2 Å². The van der Waals surface area contributed by atoms with Gasteiger partial charge in [0.05, 0.1) is 25.4 Å². The van der Waals surface area contributed by atoms with Crippen molar-refractivity contribution in [1.29, 1.82) is 0 Å². The van der Waals surface area contributed by atoms with E-state index in [1.54, 1.807) is 0 Å². The Hall–Kier alpha value is -2.13. The molecule has 0 saturated heterocycles. The first-order valence-corrected chi connectivity index (χ1v) is 16.4. The van der Waals surface area contributed by atoms with E-state index < -0.39 is 40.3 Å². The lowest BCUT2D eigenvalue weighted by Crippen LogP contribution is -2.23. The van der Waals surface area contributed by atoms with Crippen LogP contribution in [0.25, 0.3) is 0 Å². The smallest absolute Gasteiger partial charge is 0.398 e. The molecular formula is C20H21Br2ClF3N5O6S3. The molecule has 0 aliphatic carbocycles. The molecule has 0 fully saturated rings. The number of anilines is 3. The molecule has 40 heavy (non-hydrogen) atoms. The van der Waals surface area contributed by atoms with Crippen molar-refractivity contribution in [3.63, 3.8) is 0 Å². The number of hydrogen-bond acceptors (Lipinski definition) is 9. The zero-order valence-electron chi connectivity index (χ0n) is 19.9. The average Bonchev–Trinajstić information content (AvgIpc) is 2.83. The fraction of sp³-hybridized carbons (Fsp3) is 0.100. The minimum absolute atomic E-state index is 0.0169. The molecule has 3 aromatic rings. The molecule has 3 aromatic carbocycles. The van der Waals surface area contributed by atoms with E-state index in [4.69, 9.17) is 33.9 Å². The standard InChI is InChI=1S/C7H5BrF3NO2S.C7H9ClN2O2S.C6H7BrN2O2S/c8-5-3-4(1-2-6(5)12)15(13,14)7(9,10)11;1-10-13(11,12)5-2-3-6(8)7(9)4-5;7-5-2-1-4(3-6(5)8)12(9,10)11/h1-3H,12H2;2-4,10H,9H2,1H3;1-3H,8H2,(H2,9,10,11). The van der Waals surface area contributed by atoms with Crippen molar-refractivity contribution in [3.05, 3.63) is 68.6 Å². The molecule has 222 valence electrons. The van der Waals surface area contributed by atoms with E-state index in [2.05, 4.69) is 36.6 Å². The van der Waals surface area contributed by atoms with Crippen LogP contribution in [0.2, 0.25) is 5.02 Å². The summed E-state index contributed by atoms with van der Waals surface area (Å²) in [6, 6.07) is 11.1. The quantitative estimate of drug-likeness (QED) is 0.243. The van der Waals surface area contributed by atoms with Gasteiger partial charge in [0.15, 0.2) is 0 Å². The molecule has 0 spiro atoms. The van der Waals surface area contributed by atoms with Crippen molar-refractivity contribution in [2.45, 2.75) is 20.2 Å². The molecule has 0 aliphatic heterocycles. The second kappa shape index (κ2) is 13.7. The van der Waals surface area contributed by atoms with Crippen LogP contribution in [-0.2, 0) is 29.9 Å². The minimum atomic E-state index is -5.30. The third-order valence-electron chi connectivity index (χ3n) is 4.43. The summed E-state index contributed by atoms with van der Waals surface area (Å²) >= 11 is 11.6. The summed E-state index contributed by atoms with van der Waals surface area (Å²) < 4.78 is 105. The Balaban J connectivity index is 0.000000302.